The summed E-state index contributed by atoms with van der Waals surface area (Å²) >= 11 is 0. The third-order valence-corrected chi connectivity index (χ3v) is 5.09. The van der Waals surface area contributed by atoms with Crippen molar-refractivity contribution in [3.05, 3.63) is 35.9 Å². The normalized spacial score (nSPS) is 14.8. The highest BCUT2D eigenvalue weighted by molar-refractivity contribution is 7.90. The Hall–Kier alpha value is -0.870. The molecule has 1 atom stereocenters. The van der Waals surface area contributed by atoms with Crippen LogP contribution in [0.4, 0.5) is 0 Å². The van der Waals surface area contributed by atoms with Gasteiger partial charge in [0.15, 0.2) is 0 Å². The van der Waals surface area contributed by atoms with Gasteiger partial charge in [-0.05, 0) is 32.3 Å². The second-order valence-electron chi connectivity index (χ2n) is 5.87. The highest BCUT2D eigenvalue weighted by Crippen LogP contribution is 2.25. The predicted molar refractivity (Wildman–Crippen MR) is 75.8 cm³/mol. The van der Waals surface area contributed by atoms with E-state index in [4.69, 9.17) is 0 Å². The van der Waals surface area contributed by atoms with Gasteiger partial charge in [0, 0.05) is 6.04 Å². The van der Waals surface area contributed by atoms with E-state index in [9.17, 15) is 8.42 Å². The van der Waals surface area contributed by atoms with Gasteiger partial charge in [0.2, 0.25) is 10.0 Å². The maximum Gasteiger partial charge on any atom is 0.217 e. The van der Waals surface area contributed by atoms with Crippen molar-refractivity contribution >= 4 is 10.0 Å². The molecule has 18 heavy (non-hydrogen) atoms. The van der Waals surface area contributed by atoms with Crippen LogP contribution in [-0.4, -0.2) is 13.2 Å². The van der Waals surface area contributed by atoms with Crippen LogP contribution in [0.15, 0.2) is 30.3 Å². The Morgan fingerprint density at radius 1 is 1.06 bits per heavy atom. The maximum absolute atomic E-state index is 12.2. The lowest BCUT2D eigenvalue weighted by Gasteiger charge is -2.27. The fraction of sp³-hybridized carbons (Fsp3) is 0.571. The summed E-state index contributed by atoms with van der Waals surface area (Å²) in [5.74, 6) is 0.199. The summed E-state index contributed by atoms with van der Waals surface area (Å²) in [6, 6.07) is 9.51. The number of hydrogen-bond acceptors (Lipinski definition) is 2. The second-order valence-corrected chi connectivity index (χ2v) is 8.33. The molecule has 0 aliphatic carbocycles. The summed E-state index contributed by atoms with van der Waals surface area (Å²) in [6.45, 7) is 9.15. The van der Waals surface area contributed by atoms with Crippen molar-refractivity contribution in [1.82, 2.24) is 4.72 Å². The van der Waals surface area contributed by atoms with Crippen LogP contribution in [0.25, 0.3) is 0 Å². The van der Waals surface area contributed by atoms with Crippen molar-refractivity contribution in [3.8, 4) is 0 Å². The van der Waals surface area contributed by atoms with Gasteiger partial charge < -0.3 is 0 Å². The topological polar surface area (TPSA) is 46.2 Å². The van der Waals surface area contributed by atoms with Crippen molar-refractivity contribution in [2.24, 2.45) is 5.92 Å². The van der Waals surface area contributed by atoms with E-state index >= 15 is 0 Å². The minimum Gasteiger partial charge on any atom is -0.212 e. The molecule has 0 saturated carbocycles. The number of benzene rings is 1. The van der Waals surface area contributed by atoms with Crippen LogP contribution < -0.4 is 4.72 Å². The first-order valence-corrected chi connectivity index (χ1v) is 7.70. The smallest absolute Gasteiger partial charge is 0.212 e. The molecule has 0 unspecified atom stereocenters. The van der Waals surface area contributed by atoms with Crippen LogP contribution in [0.1, 0.15) is 46.2 Å². The third-order valence-electron chi connectivity index (χ3n) is 2.91. The van der Waals surface area contributed by atoms with E-state index < -0.39 is 14.8 Å². The average Bonchev–Trinajstić information content (AvgIpc) is 2.25. The van der Waals surface area contributed by atoms with Gasteiger partial charge in [-0.25, -0.2) is 13.1 Å². The van der Waals surface area contributed by atoms with E-state index in [-0.39, 0.29) is 12.0 Å². The maximum atomic E-state index is 12.2. The van der Waals surface area contributed by atoms with Gasteiger partial charge in [-0.2, -0.15) is 0 Å². The van der Waals surface area contributed by atoms with Crippen molar-refractivity contribution in [2.75, 3.05) is 0 Å². The van der Waals surface area contributed by atoms with Crippen molar-refractivity contribution in [2.45, 2.75) is 45.4 Å². The largest absolute Gasteiger partial charge is 0.217 e. The summed E-state index contributed by atoms with van der Waals surface area (Å²) in [4.78, 5) is 0. The van der Waals surface area contributed by atoms with Crippen LogP contribution in [0, 0.1) is 5.92 Å². The molecule has 0 radical (unpaired) electrons. The van der Waals surface area contributed by atoms with Gasteiger partial charge in [0.1, 0.15) is 0 Å². The van der Waals surface area contributed by atoms with Crippen LogP contribution >= 0.6 is 0 Å². The number of nitrogens with one attached hydrogen (secondary N) is 1. The Morgan fingerprint density at radius 3 is 1.94 bits per heavy atom. The lowest BCUT2D eigenvalue weighted by Crippen LogP contribution is -2.42. The molecule has 0 amide bonds. The fourth-order valence-corrected chi connectivity index (χ4v) is 2.69. The summed E-state index contributed by atoms with van der Waals surface area (Å²) in [6.07, 6.45) is 0. The zero-order chi connectivity index (χ0) is 14.0. The minimum atomic E-state index is -3.34. The molecule has 0 aliphatic heterocycles. The molecular weight excluding hydrogens is 246 g/mol. The Balaban J connectivity index is 3.04. The van der Waals surface area contributed by atoms with Gasteiger partial charge in [-0.3, -0.25) is 0 Å². The molecule has 0 aliphatic rings. The van der Waals surface area contributed by atoms with Gasteiger partial charge in [-0.1, -0.05) is 44.2 Å². The Bertz CT molecular complexity index is 472. The SMILES string of the molecule is CC(C)[C@@H](NS(=O)(=O)C(C)(C)C)c1ccccc1. The highest BCUT2D eigenvalue weighted by Gasteiger charge is 2.32. The Morgan fingerprint density at radius 2 is 1.56 bits per heavy atom. The number of hydrogen-bond donors (Lipinski definition) is 1. The zero-order valence-corrected chi connectivity index (χ0v) is 12.6. The first-order valence-electron chi connectivity index (χ1n) is 6.22. The monoisotopic (exact) mass is 269 g/mol. The van der Waals surface area contributed by atoms with Crippen molar-refractivity contribution < 1.29 is 8.42 Å². The lowest BCUT2D eigenvalue weighted by molar-refractivity contribution is 0.452. The molecule has 0 spiro atoms. The Kier molecular flexibility index (Phi) is 4.56. The molecule has 0 fully saturated rings. The molecule has 102 valence electrons. The summed E-state index contributed by atoms with van der Waals surface area (Å²) in [7, 11) is -3.34. The lowest BCUT2D eigenvalue weighted by atomic mass is 9.97. The molecule has 1 rings (SSSR count). The summed E-state index contributed by atoms with van der Waals surface area (Å²) in [5.41, 5.74) is 1.00. The molecule has 0 heterocycles. The van der Waals surface area contributed by atoms with E-state index in [0.717, 1.165) is 5.56 Å². The summed E-state index contributed by atoms with van der Waals surface area (Å²) < 4.78 is 26.5. The van der Waals surface area contributed by atoms with Gasteiger partial charge in [-0.15, -0.1) is 0 Å². The summed E-state index contributed by atoms with van der Waals surface area (Å²) in [5, 5.41) is 0. The molecule has 1 N–H and O–H groups in total. The van der Waals surface area contributed by atoms with E-state index in [0.29, 0.717) is 0 Å². The Labute approximate surface area is 111 Å². The minimum absolute atomic E-state index is 0.185. The molecule has 3 nitrogen and oxygen atoms in total. The van der Waals surface area contributed by atoms with Crippen LogP contribution in [-0.2, 0) is 10.0 Å². The second kappa shape index (κ2) is 5.41. The molecule has 4 heteroatoms. The van der Waals surface area contributed by atoms with Crippen LogP contribution in [0.3, 0.4) is 0 Å². The van der Waals surface area contributed by atoms with Crippen molar-refractivity contribution in [3.63, 3.8) is 0 Å². The quantitative estimate of drug-likeness (QED) is 0.913. The number of sulfonamides is 1. The molecule has 0 saturated heterocycles. The number of rotatable bonds is 4. The van der Waals surface area contributed by atoms with E-state index in [1.807, 2.05) is 44.2 Å². The van der Waals surface area contributed by atoms with E-state index in [2.05, 4.69) is 4.72 Å². The first kappa shape index (κ1) is 15.2. The van der Waals surface area contributed by atoms with Gasteiger partial charge >= 0.3 is 0 Å². The predicted octanol–water partition coefficient (Wildman–Crippen LogP) is 3.10. The molecule has 0 aromatic heterocycles. The molecule has 1 aromatic carbocycles. The van der Waals surface area contributed by atoms with Crippen LogP contribution in [0.5, 0.6) is 0 Å². The first-order chi connectivity index (χ1) is 8.15. The van der Waals surface area contributed by atoms with Gasteiger partial charge in [0.05, 0.1) is 4.75 Å². The van der Waals surface area contributed by atoms with Crippen molar-refractivity contribution in [1.29, 1.82) is 0 Å². The highest BCUT2D eigenvalue weighted by atomic mass is 32.2. The standard InChI is InChI=1S/C14H23NO2S/c1-11(2)13(12-9-7-6-8-10-12)15-18(16,17)14(3,4)5/h6-11,13,15H,1-5H3/t13-/m1/s1. The third kappa shape index (κ3) is 3.56. The zero-order valence-electron chi connectivity index (χ0n) is 11.8. The molecule has 0 bridgehead atoms. The van der Waals surface area contributed by atoms with Crippen LogP contribution in [0.2, 0.25) is 0 Å². The fourth-order valence-electron chi connectivity index (χ4n) is 1.59. The van der Waals surface area contributed by atoms with E-state index in [1.54, 1.807) is 20.8 Å². The van der Waals surface area contributed by atoms with Gasteiger partial charge in [0.25, 0.3) is 0 Å². The van der Waals surface area contributed by atoms with E-state index in [1.165, 1.54) is 0 Å². The molecule has 1 aromatic rings. The average molecular weight is 269 g/mol. The molecular formula is C14H23NO2S.